The third-order valence-electron chi connectivity index (χ3n) is 3.21. The molecule has 1 heteroatoms. The van der Waals surface area contributed by atoms with Gasteiger partial charge in [-0.05, 0) is 48.6 Å². The van der Waals surface area contributed by atoms with Crippen LogP contribution in [-0.4, -0.2) is 6.04 Å². The van der Waals surface area contributed by atoms with Crippen LogP contribution in [0, 0.1) is 0 Å². The van der Waals surface area contributed by atoms with Gasteiger partial charge in [-0.3, -0.25) is 0 Å². The van der Waals surface area contributed by atoms with Gasteiger partial charge in [0.15, 0.2) is 0 Å². The van der Waals surface area contributed by atoms with Gasteiger partial charge < -0.3 is 5.32 Å². The SMILES string of the molecule is CC(C)Nc1ccc(-c2ccccc2)c(C(C)C)c1. The molecule has 19 heavy (non-hydrogen) atoms. The minimum atomic E-state index is 0.461. The largest absolute Gasteiger partial charge is 0.383 e. The molecule has 0 saturated carbocycles. The van der Waals surface area contributed by atoms with E-state index in [9.17, 15) is 0 Å². The molecule has 0 amide bonds. The van der Waals surface area contributed by atoms with Crippen molar-refractivity contribution in [3.63, 3.8) is 0 Å². The summed E-state index contributed by atoms with van der Waals surface area (Å²) in [5.74, 6) is 0.518. The maximum Gasteiger partial charge on any atom is 0.0345 e. The standard InChI is InChI=1S/C18H23N/c1-13(2)18-12-16(19-14(3)4)10-11-17(18)15-8-6-5-7-9-15/h5-14,19H,1-4H3. The Morgan fingerprint density at radius 3 is 2.11 bits per heavy atom. The van der Waals surface area contributed by atoms with E-state index in [0.717, 1.165) is 0 Å². The van der Waals surface area contributed by atoms with Gasteiger partial charge in [-0.25, -0.2) is 0 Å². The molecule has 2 aromatic carbocycles. The molecule has 0 atom stereocenters. The van der Waals surface area contributed by atoms with E-state index in [-0.39, 0.29) is 0 Å². The van der Waals surface area contributed by atoms with Crippen molar-refractivity contribution in [2.24, 2.45) is 0 Å². The van der Waals surface area contributed by atoms with Gasteiger partial charge in [-0.2, -0.15) is 0 Å². The molecule has 0 heterocycles. The molecule has 0 unspecified atom stereocenters. The van der Waals surface area contributed by atoms with Gasteiger partial charge in [0.2, 0.25) is 0 Å². The van der Waals surface area contributed by atoms with Gasteiger partial charge in [0.05, 0.1) is 0 Å². The zero-order chi connectivity index (χ0) is 13.8. The molecule has 2 aromatic rings. The van der Waals surface area contributed by atoms with Gasteiger partial charge in [-0.15, -0.1) is 0 Å². The van der Waals surface area contributed by atoms with Crippen molar-refractivity contribution in [3.05, 3.63) is 54.1 Å². The molecule has 1 N–H and O–H groups in total. The van der Waals surface area contributed by atoms with E-state index in [1.165, 1.54) is 22.4 Å². The van der Waals surface area contributed by atoms with Crippen molar-refractivity contribution in [1.29, 1.82) is 0 Å². The predicted octanol–water partition coefficient (Wildman–Crippen LogP) is 5.30. The second-order valence-corrected chi connectivity index (χ2v) is 5.62. The number of anilines is 1. The van der Waals surface area contributed by atoms with Crippen LogP contribution >= 0.6 is 0 Å². The molecule has 0 radical (unpaired) electrons. The summed E-state index contributed by atoms with van der Waals surface area (Å²) in [4.78, 5) is 0. The zero-order valence-corrected chi connectivity index (χ0v) is 12.3. The zero-order valence-electron chi connectivity index (χ0n) is 12.3. The van der Waals surface area contributed by atoms with Gasteiger partial charge in [0, 0.05) is 11.7 Å². The minimum absolute atomic E-state index is 0.461. The number of nitrogens with one attached hydrogen (secondary N) is 1. The lowest BCUT2D eigenvalue weighted by molar-refractivity contribution is 0.863. The fraction of sp³-hybridized carbons (Fsp3) is 0.333. The number of hydrogen-bond donors (Lipinski definition) is 1. The molecule has 0 saturated heterocycles. The Kier molecular flexibility index (Phi) is 4.26. The van der Waals surface area contributed by atoms with E-state index in [1.807, 2.05) is 0 Å². The van der Waals surface area contributed by atoms with E-state index in [0.29, 0.717) is 12.0 Å². The number of rotatable bonds is 4. The summed E-state index contributed by atoms with van der Waals surface area (Å²) in [6, 6.07) is 17.8. The van der Waals surface area contributed by atoms with Crippen LogP contribution in [0.5, 0.6) is 0 Å². The first kappa shape index (κ1) is 13.7. The molecule has 0 bridgehead atoms. The highest BCUT2D eigenvalue weighted by Crippen LogP contribution is 2.31. The Morgan fingerprint density at radius 2 is 1.53 bits per heavy atom. The summed E-state index contributed by atoms with van der Waals surface area (Å²) in [6.07, 6.45) is 0. The van der Waals surface area contributed by atoms with E-state index in [1.54, 1.807) is 0 Å². The van der Waals surface area contributed by atoms with Crippen LogP contribution in [0.25, 0.3) is 11.1 Å². The van der Waals surface area contributed by atoms with Crippen LogP contribution in [0.1, 0.15) is 39.2 Å². The van der Waals surface area contributed by atoms with Crippen LogP contribution in [0.2, 0.25) is 0 Å². The summed E-state index contributed by atoms with van der Waals surface area (Å²) in [5.41, 5.74) is 5.24. The molecule has 0 aromatic heterocycles. The van der Waals surface area contributed by atoms with E-state index < -0.39 is 0 Å². The van der Waals surface area contributed by atoms with Crippen molar-refractivity contribution in [2.45, 2.75) is 39.7 Å². The average Bonchev–Trinajstić information content (AvgIpc) is 2.39. The Balaban J connectivity index is 2.44. The molecule has 2 rings (SSSR count). The first-order valence-electron chi connectivity index (χ1n) is 7.04. The summed E-state index contributed by atoms with van der Waals surface area (Å²) < 4.78 is 0. The van der Waals surface area contributed by atoms with Crippen LogP contribution in [0.15, 0.2) is 48.5 Å². The fourth-order valence-corrected chi connectivity index (χ4v) is 2.34. The summed E-state index contributed by atoms with van der Waals surface area (Å²) in [6.45, 7) is 8.84. The normalized spacial score (nSPS) is 11.1. The van der Waals surface area contributed by atoms with Gasteiger partial charge in [0.1, 0.15) is 0 Å². The topological polar surface area (TPSA) is 12.0 Å². The van der Waals surface area contributed by atoms with Crippen molar-refractivity contribution in [2.75, 3.05) is 5.32 Å². The summed E-state index contributed by atoms with van der Waals surface area (Å²) in [5, 5.41) is 3.48. The van der Waals surface area contributed by atoms with Crippen molar-refractivity contribution in [1.82, 2.24) is 0 Å². The maximum atomic E-state index is 3.48. The molecule has 100 valence electrons. The first-order chi connectivity index (χ1) is 9.08. The monoisotopic (exact) mass is 253 g/mol. The van der Waals surface area contributed by atoms with Crippen LogP contribution < -0.4 is 5.32 Å². The molecule has 0 aliphatic carbocycles. The van der Waals surface area contributed by atoms with Gasteiger partial charge in [0.25, 0.3) is 0 Å². The highest BCUT2D eigenvalue weighted by atomic mass is 14.9. The molecule has 1 nitrogen and oxygen atoms in total. The molecule has 0 fully saturated rings. The highest BCUT2D eigenvalue weighted by Gasteiger charge is 2.09. The van der Waals surface area contributed by atoms with E-state index in [4.69, 9.17) is 0 Å². The Labute approximate surface area is 116 Å². The first-order valence-corrected chi connectivity index (χ1v) is 7.04. The van der Waals surface area contributed by atoms with Gasteiger partial charge >= 0.3 is 0 Å². The van der Waals surface area contributed by atoms with Crippen molar-refractivity contribution >= 4 is 5.69 Å². The Hall–Kier alpha value is -1.76. The van der Waals surface area contributed by atoms with Crippen LogP contribution in [0.3, 0.4) is 0 Å². The summed E-state index contributed by atoms with van der Waals surface area (Å²) in [7, 11) is 0. The van der Waals surface area contributed by atoms with E-state index >= 15 is 0 Å². The lowest BCUT2D eigenvalue weighted by atomic mass is 9.92. The van der Waals surface area contributed by atoms with Crippen LogP contribution in [-0.2, 0) is 0 Å². The second kappa shape index (κ2) is 5.92. The minimum Gasteiger partial charge on any atom is -0.383 e. The third-order valence-corrected chi connectivity index (χ3v) is 3.21. The number of hydrogen-bond acceptors (Lipinski definition) is 1. The fourth-order valence-electron chi connectivity index (χ4n) is 2.34. The highest BCUT2D eigenvalue weighted by molar-refractivity contribution is 5.71. The quantitative estimate of drug-likeness (QED) is 0.780. The molecular weight excluding hydrogens is 230 g/mol. The molecule has 0 aliphatic heterocycles. The molecular formula is C18H23N. The van der Waals surface area contributed by atoms with Crippen molar-refractivity contribution in [3.8, 4) is 11.1 Å². The summed E-state index contributed by atoms with van der Waals surface area (Å²) >= 11 is 0. The molecule has 0 spiro atoms. The Bertz CT molecular complexity index is 527. The lowest BCUT2D eigenvalue weighted by Crippen LogP contribution is -2.10. The predicted molar refractivity (Wildman–Crippen MR) is 84.7 cm³/mol. The van der Waals surface area contributed by atoms with Crippen molar-refractivity contribution < 1.29 is 0 Å². The second-order valence-electron chi connectivity index (χ2n) is 5.62. The molecule has 0 aliphatic rings. The van der Waals surface area contributed by atoms with Crippen LogP contribution in [0.4, 0.5) is 5.69 Å². The third kappa shape index (κ3) is 3.37. The average molecular weight is 253 g/mol. The van der Waals surface area contributed by atoms with Gasteiger partial charge in [-0.1, -0.05) is 50.2 Å². The lowest BCUT2D eigenvalue weighted by Gasteiger charge is -2.17. The maximum absolute atomic E-state index is 3.48. The number of benzene rings is 2. The Morgan fingerprint density at radius 1 is 0.842 bits per heavy atom. The smallest absolute Gasteiger partial charge is 0.0345 e. The van der Waals surface area contributed by atoms with E-state index in [2.05, 4.69) is 81.5 Å².